The van der Waals surface area contributed by atoms with Crippen LogP contribution in [0.3, 0.4) is 0 Å². The number of aromatic nitrogens is 3. The number of amides is 2. The van der Waals surface area contributed by atoms with E-state index in [4.69, 9.17) is 4.74 Å². The van der Waals surface area contributed by atoms with Crippen LogP contribution in [0.1, 0.15) is 29.9 Å². The van der Waals surface area contributed by atoms with Gasteiger partial charge in [0.25, 0.3) is 0 Å². The summed E-state index contributed by atoms with van der Waals surface area (Å²) in [7, 11) is 1.66. The van der Waals surface area contributed by atoms with Crippen LogP contribution in [0.5, 0.6) is 5.75 Å². The minimum atomic E-state index is -0.391. The van der Waals surface area contributed by atoms with Crippen LogP contribution in [-0.4, -0.2) is 27.9 Å². The quantitative estimate of drug-likeness (QED) is 0.243. The molecular formula is C26H26BrN5O2S. The number of rotatable bonds is 8. The van der Waals surface area contributed by atoms with Gasteiger partial charge in [-0.15, -0.1) is 10.2 Å². The highest BCUT2D eigenvalue weighted by atomic mass is 79.9. The van der Waals surface area contributed by atoms with Crippen LogP contribution in [0.25, 0.3) is 5.69 Å². The number of hydrogen-bond donors (Lipinski definition) is 2. The molecule has 1 aromatic heterocycles. The van der Waals surface area contributed by atoms with E-state index in [1.54, 1.807) is 18.9 Å². The number of urea groups is 1. The molecule has 0 aliphatic rings. The van der Waals surface area contributed by atoms with Gasteiger partial charge in [-0.25, -0.2) is 4.79 Å². The summed E-state index contributed by atoms with van der Waals surface area (Å²) in [5.41, 5.74) is 3.90. The number of nitrogens with one attached hydrogen (secondary N) is 2. The van der Waals surface area contributed by atoms with E-state index < -0.39 is 6.04 Å². The molecule has 9 heteroatoms. The second-order valence-corrected chi connectivity index (χ2v) is 9.75. The number of hydrogen-bond acceptors (Lipinski definition) is 5. The summed E-state index contributed by atoms with van der Waals surface area (Å²) >= 11 is 5.03. The van der Waals surface area contributed by atoms with Crippen LogP contribution in [0.4, 0.5) is 10.5 Å². The highest BCUT2D eigenvalue weighted by Crippen LogP contribution is 2.29. The minimum absolute atomic E-state index is 0.326. The van der Waals surface area contributed by atoms with E-state index in [1.807, 2.05) is 85.1 Å². The molecule has 0 fully saturated rings. The van der Waals surface area contributed by atoms with Gasteiger partial charge in [-0.2, -0.15) is 0 Å². The van der Waals surface area contributed by atoms with Gasteiger partial charge in [0, 0.05) is 15.9 Å². The number of carbonyl (C=O) groups excluding carboxylic acids is 1. The van der Waals surface area contributed by atoms with Crippen molar-refractivity contribution in [3.8, 4) is 11.4 Å². The normalized spacial score (nSPS) is 11.7. The molecular weight excluding hydrogens is 526 g/mol. The highest BCUT2D eigenvalue weighted by molar-refractivity contribution is 9.10. The molecule has 4 rings (SSSR count). The number of para-hydroxylation sites is 1. The van der Waals surface area contributed by atoms with Crippen molar-refractivity contribution in [2.75, 3.05) is 12.4 Å². The number of halogens is 1. The number of ether oxygens (including phenoxy) is 1. The Bertz CT molecular complexity index is 1310. The maximum absolute atomic E-state index is 12.7. The third-order valence-electron chi connectivity index (χ3n) is 5.31. The summed E-state index contributed by atoms with van der Waals surface area (Å²) in [6, 6.07) is 22.9. The molecule has 1 atom stereocenters. The zero-order valence-electron chi connectivity index (χ0n) is 19.7. The number of benzene rings is 3. The Balaban J connectivity index is 1.57. The summed E-state index contributed by atoms with van der Waals surface area (Å²) < 4.78 is 8.14. The van der Waals surface area contributed by atoms with Gasteiger partial charge in [0.2, 0.25) is 0 Å². The number of aryl methyl sites for hydroxylation is 1. The predicted molar refractivity (Wildman–Crippen MR) is 143 cm³/mol. The molecule has 1 heterocycles. The lowest BCUT2D eigenvalue weighted by Crippen LogP contribution is -2.32. The average molecular weight is 552 g/mol. The molecule has 180 valence electrons. The zero-order valence-corrected chi connectivity index (χ0v) is 22.1. The van der Waals surface area contributed by atoms with Crippen molar-refractivity contribution in [3.05, 3.63) is 94.2 Å². The number of methoxy groups -OCH3 is 1. The van der Waals surface area contributed by atoms with Crippen molar-refractivity contribution in [1.82, 2.24) is 20.1 Å². The second-order valence-electron chi connectivity index (χ2n) is 7.95. The fraction of sp³-hybridized carbons (Fsp3) is 0.192. The third-order valence-corrected chi connectivity index (χ3v) is 7.00. The van der Waals surface area contributed by atoms with E-state index in [2.05, 4.69) is 42.8 Å². The van der Waals surface area contributed by atoms with Crippen molar-refractivity contribution in [1.29, 1.82) is 0 Å². The molecule has 0 saturated heterocycles. The Morgan fingerprint density at radius 3 is 2.60 bits per heavy atom. The molecule has 0 bridgehead atoms. The summed E-state index contributed by atoms with van der Waals surface area (Å²) in [6.45, 7) is 3.94. The van der Waals surface area contributed by atoms with Crippen molar-refractivity contribution in [3.63, 3.8) is 0 Å². The van der Waals surface area contributed by atoms with Gasteiger partial charge >= 0.3 is 6.03 Å². The standard InChI is InChI=1S/C26H26BrN5O2S/c1-17-11-13-20(14-12-17)32-24(18(2)28-25(33)29-23-10-5-4-9-22(23)27)30-31-26(32)35-16-19-7-6-8-21(15-19)34-3/h4-15,18H,16H2,1-3H3,(H2,28,29,33). The van der Waals surface area contributed by atoms with E-state index in [-0.39, 0.29) is 6.03 Å². The first-order chi connectivity index (χ1) is 16.9. The van der Waals surface area contributed by atoms with Crippen LogP contribution in [0.15, 0.2) is 82.4 Å². The van der Waals surface area contributed by atoms with Gasteiger partial charge in [-0.05, 0) is 71.7 Å². The largest absolute Gasteiger partial charge is 0.497 e. The highest BCUT2D eigenvalue weighted by Gasteiger charge is 2.21. The first-order valence-electron chi connectivity index (χ1n) is 11.0. The molecule has 2 N–H and O–H groups in total. The maximum atomic E-state index is 12.7. The molecule has 0 radical (unpaired) electrons. The summed E-state index contributed by atoms with van der Waals surface area (Å²) in [5, 5.41) is 15.5. The molecule has 0 spiro atoms. The fourth-order valence-electron chi connectivity index (χ4n) is 3.48. The topological polar surface area (TPSA) is 81.1 Å². The Labute approximate surface area is 217 Å². The van der Waals surface area contributed by atoms with Crippen LogP contribution in [-0.2, 0) is 5.75 Å². The number of thioether (sulfide) groups is 1. The monoisotopic (exact) mass is 551 g/mol. The Morgan fingerprint density at radius 1 is 1.09 bits per heavy atom. The molecule has 7 nitrogen and oxygen atoms in total. The SMILES string of the molecule is COc1cccc(CSc2nnc(C(C)NC(=O)Nc3ccccc3Br)n2-c2ccc(C)cc2)c1. The lowest BCUT2D eigenvalue weighted by atomic mass is 10.2. The third kappa shape index (κ3) is 6.23. The van der Waals surface area contributed by atoms with Gasteiger partial charge in [0.15, 0.2) is 11.0 Å². The molecule has 4 aromatic rings. The first-order valence-corrected chi connectivity index (χ1v) is 12.8. The van der Waals surface area contributed by atoms with Crippen LogP contribution < -0.4 is 15.4 Å². The second kappa shape index (κ2) is 11.4. The molecule has 1 unspecified atom stereocenters. The van der Waals surface area contributed by atoms with Gasteiger partial charge in [0.05, 0.1) is 18.8 Å². The average Bonchev–Trinajstić information content (AvgIpc) is 3.29. The predicted octanol–water partition coefficient (Wildman–Crippen LogP) is 6.52. The van der Waals surface area contributed by atoms with Gasteiger partial charge in [-0.3, -0.25) is 4.57 Å². The van der Waals surface area contributed by atoms with E-state index in [9.17, 15) is 4.79 Å². The number of nitrogens with zero attached hydrogens (tertiary/aromatic N) is 3. The Hall–Kier alpha value is -3.30. The number of carbonyl (C=O) groups is 1. The smallest absolute Gasteiger partial charge is 0.319 e. The lowest BCUT2D eigenvalue weighted by Gasteiger charge is -2.17. The summed E-state index contributed by atoms with van der Waals surface area (Å²) in [5.74, 6) is 2.16. The van der Waals surface area contributed by atoms with E-state index in [0.717, 1.165) is 32.2 Å². The molecule has 2 amide bonds. The molecule has 3 aromatic carbocycles. The van der Waals surface area contributed by atoms with Crippen LogP contribution >= 0.6 is 27.7 Å². The molecule has 35 heavy (non-hydrogen) atoms. The van der Waals surface area contributed by atoms with Crippen molar-refractivity contribution < 1.29 is 9.53 Å². The lowest BCUT2D eigenvalue weighted by molar-refractivity contribution is 0.248. The molecule has 0 saturated carbocycles. The summed E-state index contributed by atoms with van der Waals surface area (Å²) in [6.07, 6.45) is 0. The van der Waals surface area contributed by atoms with Gasteiger partial charge in [0.1, 0.15) is 5.75 Å². The summed E-state index contributed by atoms with van der Waals surface area (Å²) in [4.78, 5) is 12.7. The number of anilines is 1. The van der Waals surface area contributed by atoms with Gasteiger partial charge < -0.3 is 15.4 Å². The van der Waals surface area contributed by atoms with Gasteiger partial charge in [-0.1, -0.05) is 53.7 Å². The molecule has 0 aliphatic carbocycles. The fourth-order valence-corrected chi connectivity index (χ4v) is 4.77. The van der Waals surface area contributed by atoms with Crippen molar-refractivity contribution >= 4 is 39.4 Å². The molecule has 0 aliphatic heterocycles. The van der Waals surface area contributed by atoms with E-state index in [0.29, 0.717) is 17.3 Å². The van der Waals surface area contributed by atoms with E-state index in [1.165, 1.54) is 0 Å². The van der Waals surface area contributed by atoms with Crippen molar-refractivity contribution in [2.24, 2.45) is 0 Å². The zero-order chi connectivity index (χ0) is 24.8. The van der Waals surface area contributed by atoms with Crippen molar-refractivity contribution in [2.45, 2.75) is 30.8 Å². The van der Waals surface area contributed by atoms with E-state index >= 15 is 0 Å². The minimum Gasteiger partial charge on any atom is -0.497 e. The Kier molecular flexibility index (Phi) is 8.09. The Morgan fingerprint density at radius 2 is 1.86 bits per heavy atom. The first kappa shape index (κ1) is 24.8. The maximum Gasteiger partial charge on any atom is 0.319 e. The van der Waals surface area contributed by atoms with Crippen LogP contribution in [0, 0.1) is 6.92 Å². The van der Waals surface area contributed by atoms with Crippen LogP contribution in [0.2, 0.25) is 0 Å².